The van der Waals surface area contributed by atoms with Gasteiger partial charge >= 0.3 is 0 Å². The first-order valence-electron chi connectivity index (χ1n) is 5.09. The molecule has 0 heterocycles. The van der Waals surface area contributed by atoms with Gasteiger partial charge in [-0.1, -0.05) is 23.8 Å². The Labute approximate surface area is 86.4 Å². The average Bonchev–Trinajstić information content (AvgIpc) is 2.17. The van der Waals surface area contributed by atoms with E-state index in [1.54, 1.807) is 0 Å². The molecule has 0 radical (unpaired) electrons. The standard InChI is InChI=1S/C13H18O/c1-4-14-13-8-6-5-7-12(13)10-9-11(2)3/h5-8H,2,4,9-10H2,1,3H3. The van der Waals surface area contributed by atoms with Crippen molar-refractivity contribution in [1.82, 2.24) is 0 Å². The van der Waals surface area contributed by atoms with Crippen LogP contribution in [0.15, 0.2) is 36.4 Å². The van der Waals surface area contributed by atoms with E-state index in [0.29, 0.717) is 0 Å². The van der Waals surface area contributed by atoms with Crippen molar-refractivity contribution in [3.63, 3.8) is 0 Å². The molecular weight excluding hydrogens is 172 g/mol. The predicted octanol–water partition coefficient (Wildman–Crippen LogP) is 3.59. The number of hydrogen-bond acceptors (Lipinski definition) is 1. The molecule has 0 aromatic heterocycles. The molecule has 0 fully saturated rings. The molecule has 0 saturated heterocycles. The summed E-state index contributed by atoms with van der Waals surface area (Å²) in [4.78, 5) is 0. The average molecular weight is 190 g/mol. The number of benzene rings is 1. The summed E-state index contributed by atoms with van der Waals surface area (Å²) in [5, 5.41) is 0. The Hall–Kier alpha value is -1.24. The van der Waals surface area contributed by atoms with Crippen LogP contribution in [0.25, 0.3) is 0 Å². The van der Waals surface area contributed by atoms with E-state index in [4.69, 9.17) is 4.74 Å². The third kappa shape index (κ3) is 3.25. The largest absolute Gasteiger partial charge is 0.494 e. The highest BCUT2D eigenvalue weighted by atomic mass is 16.5. The smallest absolute Gasteiger partial charge is 0.122 e. The number of aryl methyl sites for hydroxylation is 1. The van der Waals surface area contributed by atoms with Crippen molar-refractivity contribution in [3.05, 3.63) is 42.0 Å². The first-order valence-corrected chi connectivity index (χ1v) is 5.09. The zero-order chi connectivity index (χ0) is 10.4. The van der Waals surface area contributed by atoms with Gasteiger partial charge < -0.3 is 4.74 Å². The highest BCUT2D eigenvalue weighted by Crippen LogP contribution is 2.20. The van der Waals surface area contributed by atoms with E-state index in [0.717, 1.165) is 25.2 Å². The third-order valence-electron chi connectivity index (χ3n) is 2.09. The van der Waals surface area contributed by atoms with E-state index in [-0.39, 0.29) is 0 Å². The molecule has 0 unspecified atom stereocenters. The maximum atomic E-state index is 5.54. The van der Waals surface area contributed by atoms with E-state index >= 15 is 0 Å². The van der Waals surface area contributed by atoms with Crippen LogP contribution in [0.5, 0.6) is 5.75 Å². The van der Waals surface area contributed by atoms with E-state index in [1.807, 2.05) is 19.1 Å². The fraction of sp³-hybridized carbons (Fsp3) is 0.385. The predicted molar refractivity (Wildman–Crippen MR) is 60.7 cm³/mol. The maximum Gasteiger partial charge on any atom is 0.122 e. The van der Waals surface area contributed by atoms with Gasteiger partial charge in [0.25, 0.3) is 0 Å². The Bertz CT molecular complexity index is 302. The van der Waals surface area contributed by atoms with Crippen molar-refractivity contribution in [2.24, 2.45) is 0 Å². The van der Waals surface area contributed by atoms with Gasteiger partial charge in [-0.3, -0.25) is 0 Å². The Morgan fingerprint density at radius 1 is 1.36 bits per heavy atom. The molecule has 0 spiro atoms. The summed E-state index contributed by atoms with van der Waals surface area (Å²) in [6.07, 6.45) is 2.05. The van der Waals surface area contributed by atoms with Crippen LogP contribution in [0.4, 0.5) is 0 Å². The van der Waals surface area contributed by atoms with Crippen LogP contribution in [-0.2, 0) is 6.42 Å². The summed E-state index contributed by atoms with van der Waals surface area (Å²) < 4.78 is 5.54. The van der Waals surface area contributed by atoms with Gasteiger partial charge in [0, 0.05) is 0 Å². The van der Waals surface area contributed by atoms with E-state index < -0.39 is 0 Å². The second-order valence-corrected chi connectivity index (χ2v) is 3.50. The molecular formula is C13H18O. The Morgan fingerprint density at radius 3 is 2.71 bits per heavy atom. The maximum absolute atomic E-state index is 5.54. The Balaban J connectivity index is 2.68. The van der Waals surface area contributed by atoms with E-state index in [9.17, 15) is 0 Å². The number of rotatable bonds is 5. The molecule has 14 heavy (non-hydrogen) atoms. The Kier molecular flexibility index (Phi) is 4.24. The normalized spacial score (nSPS) is 9.86. The van der Waals surface area contributed by atoms with Gasteiger partial charge in [-0.05, 0) is 38.3 Å². The SMILES string of the molecule is C=C(C)CCc1ccccc1OCC. The number of hydrogen-bond donors (Lipinski definition) is 0. The molecule has 1 rings (SSSR count). The topological polar surface area (TPSA) is 9.23 Å². The lowest BCUT2D eigenvalue weighted by molar-refractivity contribution is 0.336. The van der Waals surface area contributed by atoms with E-state index in [2.05, 4.69) is 25.6 Å². The van der Waals surface area contributed by atoms with Crippen LogP contribution in [-0.4, -0.2) is 6.61 Å². The highest BCUT2D eigenvalue weighted by Gasteiger charge is 2.01. The van der Waals surface area contributed by atoms with Gasteiger partial charge in [0.15, 0.2) is 0 Å². The zero-order valence-corrected chi connectivity index (χ0v) is 9.05. The fourth-order valence-electron chi connectivity index (χ4n) is 1.35. The second-order valence-electron chi connectivity index (χ2n) is 3.50. The molecule has 1 heteroatoms. The third-order valence-corrected chi connectivity index (χ3v) is 2.09. The van der Waals surface area contributed by atoms with Gasteiger partial charge in [-0.25, -0.2) is 0 Å². The van der Waals surface area contributed by atoms with Crippen molar-refractivity contribution >= 4 is 0 Å². The van der Waals surface area contributed by atoms with Crippen LogP contribution >= 0.6 is 0 Å². The van der Waals surface area contributed by atoms with Crippen molar-refractivity contribution in [2.75, 3.05) is 6.61 Å². The van der Waals surface area contributed by atoms with Gasteiger partial charge in [0.05, 0.1) is 6.61 Å². The molecule has 0 aliphatic heterocycles. The van der Waals surface area contributed by atoms with E-state index in [1.165, 1.54) is 11.1 Å². The first kappa shape index (κ1) is 10.8. The van der Waals surface area contributed by atoms with Crippen molar-refractivity contribution in [2.45, 2.75) is 26.7 Å². The molecule has 0 atom stereocenters. The summed E-state index contributed by atoms with van der Waals surface area (Å²) in [6.45, 7) is 8.70. The number of para-hydroxylation sites is 1. The summed E-state index contributed by atoms with van der Waals surface area (Å²) in [6, 6.07) is 8.21. The van der Waals surface area contributed by atoms with Crippen molar-refractivity contribution in [3.8, 4) is 5.75 Å². The lowest BCUT2D eigenvalue weighted by Gasteiger charge is -2.09. The van der Waals surface area contributed by atoms with Crippen molar-refractivity contribution in [1.29, 1.82) is 0 Å². The molecule has 1 aromatic carbocycles. The molecule has 76 valence electrons. The molecule has 1 nitrogen and oxygen atoms in total. The monoisotopic (exact) mass is 190 g/mol. The summed E-state index contributed by atoms with van der Waals surface area (Å²) in [7, 11) is 0. The van der Waals surface area contributed by atoms with Gasteiger partial charge in [0.2, 0.25) is 0 Å². The second kappa shape index (κ2) is 5.48. The minimum Gasteiger partial charge on any atom is -0.494 e. The van der Waals surface area contributed by atoms with Gasteiger partial charge in [0.1, 0.15) is 5.75 Å². The van der Waals surface area contributed by atoms with Crippen LogP contribution < -0.4 is 4.74 Å². The molecule has 0 bridgehead atoms. The Morgan fingerprint density at radius 2 is 2.07 bits per heavy atom. The van der Waals surface area contributed by atoms with Gasteiger partial charge in [-0.15, -0.1) is 6.58 Å². The zero-order valence-electron chi connectivity index (χ0n) is 9.05. The number of ether oxygens (including phenoxy) is 1. The first-order chi connectivity index (χ1) is 6.74. The lowest BCUT2D eigenvalue weighted by atomic mass is 10.1. The molecule has 1 aromatic rings. The fourth-order valence-corrected chi connectivity index (χ4v) is 1.35. The molecule has 0 aliphatic carbocycles. The summed E-state index contributed by atoms with van der Waals surface area (Å²) in [5.74, 6) is 1.01. The van der Waals surface area contributed by atoms with Crippen LogP contribution in [0.1, 0.15) is 25.8 Å². The summed E-state index contributed by atoms with van der Waals surface area (Å²) in [5.41, 5.74) is 2.49. The number of allylic oxidation sites excluding steroid dienone is 1. The summed E-state index contributed by atoms with van der Waals surface area (Å²) >= 11 is 0. The quantitative estimate of drug-likeness (QED) is 0.645. The molecule has 0 saturated carbocycles. The minimum absolute atomic E-state index is 0.726. The highest BCUT2D eigenvalue weighted by molar-refractivity contribution is 5.33. The van der Waals surface area contributed by atoms with Gasteiger partial charge in [-0.2, -0.15) is 0 Å². The van der Waals surface area contributed by atoms with Crippen LogP contribution in [0.3, 0.4) is 0 Å². The van der Waals surface area contributed by atoms with Crippen LogP contribution in [0.2, 0.25) is 0 Å². The van der Waals surface area contributed by atoms with Crippen LogP contribution in [0, 0.1) is 0 Å². The van der Waals surface area contributed by atoms with Crippen molar-refractivity contribution < 1.29 is 4.74 Å². The molecule has 0 amide bonds. The molecule has 0 aliphatic rings. The minimum atomic E-state index is 0.726. The lowest BCUT2D eigenvalue weighted by Crippen LogP contribution is -1.96. The molecule has 0 N–H and O–H groups in total.